The lowest BCUT2D eigenvalue weighted by Gasteiger charge is -2.40. The van der Waals surface area contributed by atoms with Crippen molar-refractivity contribution < 1.29 is 23.8 Å². The first-order valence-electron chi connectivity index (χ1n) is 15.7. The molecule has 1 saturated heterocycles. The number of amides is 2. The number of piperazine rings is 1. The van der Waals surface area contributed by atoms with Gasteiger partial charge in [0.2, 0.25) is 17.6 Å². The van der Waals surface area contributed by atoms with Gasteiger partial charge in [-0.1, -0.05) is 37.5 Å². The number of methoxy groups -OCH3 is 3. The van der Waals surface area contributed by atoms with E-state index in [0.717, 1.165) is 48.2 Å². The van der Waals surface area contributed by atoms with E-state index in [1.807, 2.05) is 42.6 Å². The third-order valence-corrected chi connectivity index (χ3v) is 9.12. The monoisotopic (exact) mass is 605 g/mol. The highest BCUT2D eigenvalue weighted by molar-refractivity contribution is 5.90. The average Bonchev–Trinajstić information content (AvgIpc) is 3.46. The molecule has 1 aromatic heterocycles. The van der Waals surface area contributed by atoms with Crippen molar-refractivity contribution in [3.63, 3.8) is 0 Å². The van der Waals surface area contributed by atoms with E-state index >= 15 is 0 Å². The molecular weight excluding hydrogens is 558 g/mol. The molecule has 238 valence electrons. The maximum Gasteiger partial charge on any atom is 0.245 e. The number of para-hydroxylation sites is 1. The Labute approximate surface area is 260 Å². The van der Waals surface area contributed by atoms with Gasteiger partial charge in [-0.05, 0) is 42.2 Å². The molecule has 2 N–H and O–H groups in total. The van der Waals surface area contributed by atoms with E-state index in [4.69, 9.17) is 14.2 Å². The van der Waals surface area contributed by atoms with Crippen LogP contribution in [0.15, 0.2) is 42.6 Å². The Morgan fingerprint density at radius 2 is 1.66 bits per heavy atom. The highest BCUT2D eigenvalue weighted by Crippen LogP contribution is 2.38. The number of hydrogen-bond donors (Lipinski definition) is 2. The van der Waals surface area contributed by atoms with Gasteiger partial charge in [-0.25, -0.2) is 0 Å². The third-order valence-electron chi connectivity index (χ3n) is 9.12. The number of nitrogens with zero attached hydrogens (tertiary/aromatic N) is 3. The van der Waals surface area contributed by atoms with Crippen LogP contribution < -0.4 is 19.5 Å². The summed E-state index contributed by atoms with van der Waals surface area (Å²) in [6.45, 7) is 4.31. The number of benzene rings is 2. The first-order chi connectivity index (χ1) is 21.4. The number of fused-ring (bicyclic) bond motifs is 1. The molecule has 5 rings (SSSR count). The number of hydrogen-bond acceptors (Lipinski definition) is 7. The van der Waals surface area contributed by atoms with E-state index in [9.17, 15) is 9.59 Å². The summed E-state index contributed by atoms with van der Waals surface area (Å²) in [5.41, 5.74) is 2.81. The van der Waals surface area contributed by atoms with E-state index in [2.05, 4.69) is 20.1 Å². The second-order valence-electron chi connectivity index (χ2n) is 12.0. The first-order valence-corrected chi connectivity index (χ1v) is 15.7. The van der Waals surface area contributed by atoms with Crippen LogP contribution >= 0.6 is 0 Å². The predicted molar refractivity (Wildman–Crippen MR) is 171 cm³/mol. The SMILES string of the molecule is COc1cc(CN(C)C(=O)C(Cc2c[nH]c3ccccc23)NC(=O)CN2CCN(C3CCCCC3)CC2)cc(OC)c1OC. The smallest absolute Gasteiger partial charge is 0.245 e. The Morgan fingerprint density at radius 3 is 2.32 bits per heavy atom. The lowest BCUT2D eigenvalue weighted by molar-refractivity contribution is -0.136. The Hall–Kier alpha value is -3.76. The minimum absolute atomic E-state index is 0.129. The van der Waals surface area contributed by atoms with Gasteiger partial charge < -0.3 is 29.4 Å². The number of aromatic amines is 1. The summed E-state index contributed by atoms with van der Waals surface area (Å²) in [6.07, 6.45) is 8.90. The molecule has 10 nitrogen and oxygen atoms in total. The van der Waals surface area contributed by atoms with Crippen molar-refractivity contribution in [2.24, 2.45) is 0 Å². The van der Waals surface area contributed by atoms with Crippen molar-refractivity contribution >= 4 is 22.7 Å². The molecular formula is C34H47N5O5. The number of carbonyl (C=O) groups is 2. The van der Waals surface area contributed by atoms with Gasteiger partial charge in [0.1, 0.15) is 6.04 Å². The fourth-order valence-electron chi connectivity index (χ4n) is 6.74. The highest BCUT2D eigenvalue weighted by Gasteiger charge is 2.29. The van der Waals surface area contributed by atoms with Gasteiger partial charge in [0.15, 0.2) is 11.5 Å². The van der Waals surface area contributed by atoms with Crippen molar-refractivity contribution in [2.45, 2.75) is 57.2 Å². The Morgan fingerprint density at radius 1 is 0.977 bits per heavy atom. The molecule has 1 aliphatic heterocycles. The lowest BCUT2D eigenvalue weighted by Crippen LogP contribution is -2.55. The lowest BCUT2D eigenvalue weighted by atomic mass is 9.94. The predicted octanol–water partition coefficient (Wildman–Crippen LogP) is 3.83. The van der Waals surface area contributed by atoms with Crippen LogP contribution in [0.3, 0.4) is 0 Å². The summed E-state index contributed by atoms with van der Waals surface area (Å²) in [7, 11) is 6.45. The summed E-state index contributed by atoms with van der Waals surface area (Å²) in [4.78, 5) is 37.2. The maximum absolute atomic E-state index is 14.0. The number of rotatable bonds is 12. The van der Waals surface area contributed by atoms with Gasteiger partial charge in [-0.3, -0.25) is 19.4 Å². The van der Waals surface area contributed by atoms with Crippen LogP contribution in [0.2, 0.25) is 0 Å². The zero-order chi connectivity index (χ0) is 31.1. The Balaban J connectivity index is 1.27. The molecule has 1 unspecified atom stereocenters. The van der Waals surface area contributed by atoms with E-state index in [0.29, 0.717) is 36.3 Å². The molecule has 1 aliphatic carbocycles. The third kappa shape index (κ3) is 7.47. The Bertz CT molecular complexity index is 1390. The van der Waals surface area contributed by atoms with Gasteiger partial charge in [-0.2, -0.15) is 0 Å². The number of carbonyl (C=O) groups excluding carboxylic acids is 2. The second-order valence-corrected chi connectivity index (χ2v) is 12.0. The summed E-state index contributed by atoms with van der Waals surface area (Å²) in [6, 6.07) is 11.7. The van der Waals surface area contributed by atoms with E-state index in [-0.39, 0.29) is 18.4 Å². The number of likely N-dealkylation sites (N-methyl/N-ethyl adjacent to an activating group) is 1. The van der Waals surface area contributed by atoms with Crippen LogP contribution in [-0.4, -0.2) is 105 Å². The summed E-state index contributed by atoms with van der Waals surface area (Å²) >= 11 is 0. The van der Waals surface area contributed by atoms with Crippen LogP contribution in [0, 0.1) is 0 Å². The molecule has 2 aromatic carbocycles. The number of aromatic nitrogens is 1. The summed E-state index contributed by atoms with van der Waals surface area (Å²) in [5, 5.41) is 4.15. The van der Waals surface area contributed by atoms with Gasteiger partial charge in [0.25, 0.3) is 0 Å². The zero-order valence-electron chi connectivity index (χ0n) is 26.6. The molecule has 1 saturated carbocycles. The van der Waals surface area contributed by atoms with Crippen molar-refractivity contribution in [1.82, 2.24) is 25.0 Å². The molecule has 2 aliphatic rings. The molecule has 44 heavy (non-hydrogen) atoms. The van der Waals surface area contributed by atoms with Crippen LogP contribution in [-0.2, 0) is 22.6 Å². The molecule has 1 atom stereocenters. The zero-order valence-corrected chi connectivity index (χ0v) is 26.6. The quantitative estimate of drug-likeness (QED) is 0.324. The van der Waals surface area contributed by atoms with Gasteiger partial charge in [0.05, 0.1) is 27.9 Å². The molecule has 2 fully saturated rings. The average molecular weight is 606 g/mol. The fraction of sp³-hybridized carbons (Fsp3) is 0.529. The minimum Gasteiger partial charge on any atom is -0.493 e. The van der Waals surface area contributed by atoms with Crippen LogP contribution in [0.4, 0.5) is 0 Å². The van der Waals surface area contributed by atoms with Crippen molar-refractivity contribution in [3.05, 3.63) is 53.7 Å². The summed E-state index contributed by atoms with van der Waals surface area (Å²) in [5.74, 6) is 1.25. The molecule has 0 spiro atoms. The largest absolute Gasteiger partial charge is 0.493 e. The maximum atomic E-state index is 14.0. The van der Waals surface area contributed by atoms with Gasteiger partial charge >= 0.3 is 0 Å². The normalized spacial score (nSPS) is 17.3. The fourth-order valence-corrected chi connectivity index (χ4v) is 6.74. The summed E-state index contributed by atoms with van der Waals surface area (Å²) < 4.78 is 16.5. The number of ether oxygens (including phenoxy) is 3. The highest BCUT2D eigenvalue weighted by atomic mass is 16.5. The van der Waals surface area contributed by atoms with E-state index in [1.165, 1.54) is 32.1 Å². The van der Waals surface area contributed by atoms with Crippen molar-refractivity contribution in [2.75, 3.05) is 61.1 Å². The van der Waals surface area contributed by atoms with E-state index < -0.39 is 6.04 Å². The van der Waals surface area contributed by atoms with Crippen LogP contribution in [0.5, 0.6) is 17.2 Å². The standard InChI is InChI=1S/C34H47N5O5/c1-37(22-24-18-30(42-2)33(44-4)31(19-24)43-3)34(41)29(20-25-21-35-28-13-9-8-12-27(25)28)36-32(40)23-38-14-16-39(17-15-38)26-10-6-5-7-11-26/h8-9,12-13,18-19,21,26,29,35H,5-7,10-11,14-17,20,22-23H2,1-4H3,(H,36,40). The second kappa shape index (κ2) is 14.8. The molecule has 2 heterocycles. The van der Waals surface area contributed by atoms with Crippen molar-refractivity contribution in [3.8, 4) is 17.2 Å². The number of nitrogens with one attached hydrogen (secondary N) is 2. The van der Waals surface area contributed by atoms with Gasteiger partial charge in [0, 0.05) is 69.3 Å². The van der Waals surface area contributed by atoms with E-state index in [1.54, 1.807) is 33.3 Å². The van der Waals surface area contributed by atoms with Gasteiger partial charge in [-0.15, -0.1) is 0 Å². The van der Waals surface area contributed by atoms with Crippen molar-refractivity contribution in [1.29, 1.82) is 0 Å². The Kier molecular flexibility index (Phi) is 10.7. The van der Waals surface area contributed by atoms with Crippen LogP contribution in [0.25, 0.3) is 10.9 Å². The molecule has 0 bridgehead atoms. The molecule has 3 aromatic rings. The molecule has 2 amide bonds. The first kappa shape index (κ1) is 31.7. The topological polar surface area (TPSA) is 99.4 Å². The minimum atomic E-state index is -0.725. The molecule has 0 radical (unpaired) electrons. The number of H-pyrrole nitrogens is 1. The molecule has 10 heteroatoms. The van der Waals surface area contributed by atoms with Crippen LogP contribution in [0.1, 0.15) is 43.2 Å².